The molecule has 1 spiro atoms. The molecule has 176 valence electrons. The zero-order valence-electron chi connectivity index (χ0n) is 18.8. The van der Waals surface area contributed by atoms with E-state index in [0.717, 1.165) is 5.56 Å². The zero-order valence-corrected chi connectivity index (χ0v) is 20.4. The highest BCUT2D eigenvalue weighted by molar-refractivity contribution is 9.10. The lowest BCUT2D eigenvalue weighted by molar-refractivity contribution is -0.146. The number of nitrogens with two attached hydrogens (primary N) is 1. The molecule has 2 aromatic rings. The minimum absolute atomic E-state index is 0.0372. The average Bonchev–Trinajstić information content (AvgIpc) is 3.03. The van der Waals surface area contributed by atoms with Gasteiger partial charge in [-0.3, -0.25) is 4.79 Å². The van der Waals surface area contributed by atoms with Gasteiger partial charge < -0.3 is 25.3 Å². The molecular formula is C25H23BrN2O6. The maximum Gasteiger partial charge on any atom is 0.341 e. The van der Waals surface area contributed by atoms with Gasteiger partial charge >= 0.3 is 11.9 Å². The summed E-state index contributed by atoms with van der Waals surface area (Å²) in [7, 11) is 0. The van der Waals surface area contributed by atoms with Crippen LogP contribution < -0.4 is 11.1 Å². The van der Waals surface area contributed by atoms with Crippen molar-refractivity contribution in [3.8, 4) is 0 Å². The van der Waals surface area contributed by atoms with E-state index in [0.29, 0.717) is 15.7 Å². The average molecular weight is 527 g/mol. The molecule has 0 aliphatic carbocycles. The molecule has 2 aliphatic heterocycles. The van der Waals surface area contributed by atoms with Gasteiger partial charge in [0.2, 0.25) is 11.8 Å². The van der Waals surface area contributed by atoms with Crippen molar-refractivity contribution in [1.29, 1.82) is 0 Å². The standard InChI is InChI=1S/C25H23BrN2O6/c1-13(2)33-23(30)20-21(27)34-14(3)19(22(29)32-12-15-7-5-4-6-8-15)25(20)17-11-16(26)9-10-18(17)28-24(25)31/h4-11,13H,12,27H2,1-3H3,(H,28,31). The summed E-state index contributed by atoms with van der Waals surface area (Å²) >= 11 is 3.41. The van der Waals surface area contributed by atoms with E-state index in [1.807, 2.05) is 18.2 Å². The number of anilines is 1. The molecule has 0 fully saturated rings. The highest BCUT2D eigenvalue weighted by Gasteiger charge is 2.62. The van der Waals surface area contributed by atoms with Crippen LogP contribution in [0, 0.1) is 0 Å². The normalized spacial score (nSPS) is 19.1. The van der Waals surface area contributed by atoms with Gasteiger partial charge in [-0.1, -0.05) is 46.3 Å². The molecule has 9 heteroatoms. The van der Waals surface area contributed by atoms with Crippen molar-refractivity contribution in [3.63, 3.8) is 0 Å². The Morgan fingerprint density at radius 2 is 1.82 bits per heavy atom. The first-order valence-electron chi connectivity index (χ1n) is 10.6. The molecule has 1 unspecified atom stereocenters. The van der Waals surface area contributed by atoms with Crippen molar-refractivity contribution in [2.45, 2.75) is 38.9 Å². The number of hydrogen-bond donors (Lipinski definition) is 2. The Hall–Kier alpha value is -3.59. The number of benzene rings is 2. The van der Waals surface area contributed by atoms with Gasteiger partial charge in [-0.2, -0.15) is 0 Å². The predicted molar refractivity (Wildman–Crippen MR) is 127 cm³/mol. The number of allylic oxidation sites excluding steroid dienone is 1. The van der Waals surface area contributed by atoms with Gasteiger partial charge in [-0.25, -0.2) is 9.59 Å². The molecular weight excluding hydrogens is 504 g/mol. The lowest BCUT2D eigenvalue weighted by Gasteiger charge is -2.35. The number of carbonyl (C=O) groups excluding carboxylic acids is 3. The maximum absolute atomic E-state index is 13.7. The van der Waals surface area contributed by atoms with E-state index in [9.17, 15) is 14.4 Å². The van der Waals surface area contributed by atoms with Crippen molar-refractivity contribution in [2.24, 2.45) is 5.73 Å². The van der Waals surface area contributed by atoms with Crippen LogP contribution in [-0.4, -0.2) is 23.9 Å². The molecule has 1 amide bonds. The van der Waals surface area contributed by atoms with Crippen LogP contribution in [-0.2, 0) is 40.6 Å². The third kappa shape index (κ3) is 3.86. The summed E-state index contributed by atoms with van der Waals surface area (Å²) in [6.45, 7) is 4.80. The number of fused-ring (bicyclic) bond motifs is 2. The Kier molecular flexibility index (Phi) is 6.22. The molecule has 0 saturated carbocycles. The topological polar surface area (TPSA) is 117 Å². The van der Waals surface area contributed by atoms with Crippen molar-refractivity contribution in [1.82, 2.24) is 0 Å². The Bertz CT molecular complexity index is 1250. The second-order valence-electron chi connectivity index (χ2n) is 8.18. The lowest BCUT2D eigenvalue weighted by atomic mass is 9.67. The van der Waals surface area contributed by atoms with Crippen molar-refractivity contribution in [3.05, 3.63) is 86.9 Å². The molecule has 3 N–H and O–H groups in total. The summed E-state index contributed by atoms with van der Waals surface area (Å²) in [5.74, 6) is -2.57. The van der Waals surface area contributed by atoms with Gasteiger partial charge in [-0.15, -0.1) is 0 Å². The molecule has 2 aliphatic rings. The maximum atomic E-state index is 13.7. The summed E-state index contributed by atoms with van der Waals surface area (Å²) in [4.78, 5) is 40.5. The Balaban J connectivity index is 1.89. The molecule has 4 rings (SSSR count). The number of amides is 1. The van der Waals surface area contributed by atoms with Crippen LogP contribution in [0.25, 0.3) is 0 Å². The van der Waals surface area contributed by atoms with Crippen LogP contribution in [0.1, 0.15) is 31.9 Å². The molecule has 2 aromatic carbocycles. The van der Waals surface area contributed by atoms with Gasteiger partial charge in [0.25, 0.3) is 0 Å². The van der Waals surface area contributed by atoms with Gasteiger partial charge in [0.05, 0.1) is 6.10 Å². The second kappa shape index (κ2) is 8.98. The highest BCUT2D eigenvalue weighted by Crippen LogP contribution is 2.53. The summed E-state index contributed by atoms with van der Waals surface area (Å²) < 4.78 is 17.2. The van der Waals surface area contributed by atoms with Crippen molar-refractivity contribution in [2.75, 3.05) is 5.32 Å². The number of halogens is 1. The molecule has 0 aromatic heterocycles. The first-order valence-corrected chi connectivity index (χ1v) is 11.4. The molecule has 2 heterocycles. The van der Waals surface area contributed by atoms with Gasteiger partial charge in [-0.05, 0) is 44.5 Å². The molecule has 0 saturated heterocycles. The molecule has 8 nitrogen and oxygen atoms in total. The fourth-order valence-corrected chi connectivity index (χ4v) is 4.59. The summed E-state index contributed by atoms with van der Waals surface area (Å²) in [5, 5.41) is 2.77. The smallest absolute Gasteiger partial charge is 0.341 e. The Morgan fingerprint density at radius 1 is 1.12 bits per heavy atom. The number of ether oxygens (including phenoxy) is 3. The van der Waals surface area contributed by atoms with Gasteiger partial charge in [0.15, 0.2) is 0 Å². The number of hydrogen-bond acceptors (Lipinski definition) is 7. The Labute approximate surface area is 204 Å². The summed E-state index contributed by atoms with van der Waals surface area (Å²) in [6.07, 6.45) is -0.503. The van der Waals surface area contributed by atoms with E-state index in [4.69, 9.17) is 19.9 Å². The minimum Gasteiger partial charge on any atom is -0.459 e. The van der Waals surface area contributed by atoms with Crippen molar-refractivity contribution < 1.29 is 28.6 Å². The first kappa shape index (κ1) is 23.6. The lowest BCUT2D eigenvalue weighted by Crippen LogP contribution is -2.48. The van der Waals surface area contributed by atoms with Gasteiger partial charge in [0, 0.05) is 15.7 Å². The van der Waals surface area contributed by atoms with E-state index in [1.165, 1.54) is 6.92 Å². The predicted octanol–water partition coefficient (Wildman–Crippen LogP) is 3.81. The third-order valence-corrected chi connectivity index (χ3v) is 6.04. The molecule has 0 radical (unpaired) electrons. The van der Waals surface area contributed by atoms with E-state index >= 15 is 0 Å². The van der Waals surface area contributed by atoms with Gasteiger partial charge in [0.1, 0.15) is 28.9 Å². The minimum atomic E-state index is -1.91. The van der Waals surface area contributed by atoms with E-state index < -0.39 is 29.4 Å². The summed E-state index contributed by atoms with van der Waals surface area (Å²) in [5.41, 5.74) is 5.39. The number of carbonyl (C=O) groups is 3. The second-order valence-corrected chi connectivity index (χ2v) is 9.10. The van der Waals surface area contributed by atoms with Crippen LogP contribution in [0.3, 0.4) is 0 Å². The van der Waals surface area contributed by atoms with Crippen LogP contribution in [0.2, 0.25) is 0 Å². The highest BCUT2D eigenvalue weighted by atomic mass is 79.9. The molecule has 1 atom stereocenters. The number of nitrogens with one attached hydrogen (secondary N) is 1. The fraction of sp³-hybridized carbons (Fsp3) is 0.240. The number of esters is 2. The largest absolute Gasteiger partial charge is 0.459 e. The SMILES string of the molecule is CC1=C(C(=O)OCc2ccccc2)C2(C(=O)Nc3ccc(Br)cc32)C(C(=O)OC(C)C)=C(N)O1. The molecule has 0 bridgehead atoms. The first-order chi connectivity index (χ1) is 16.2. The van der Waals surface area contributed by atoms with Crippen LogP contribution >= 0.6 is 15.9 Å². The quantitative estimate of drug-likeness (QED) is 0.568. The van der Waals surface area contributed by atoms with Crippen LogP contribution in [0.4, 0.5) is 5.69 Å². The third-order valence-electron chi connectivity index (χ3n) is 5.55. The van der Waals surface area contributed by atoms with Crippen molar-refractivity contribution >= 4 is 39.5 Å². The van der Waals surface area contributed by atoms with E-state index in [2.05, 4.69) is 21.2 Å². The zero-order chi connectivity index (χ0) is 24.6. The Morgan fingerprint density at radius 3 is 2.50 bits per heavy atom. The monoisotopic (exact) mass is 526 g/mol. The fourth-order valence-electron chi connectivity index (χ4n) is 4.23. The van der Waals surface area contributed by atoms with Crippen LogP contribution in [0.5, 0.6) is 0 Å². The van der Waals surface area contributed by atoms with Crippen LogP contribution in [0.15, 0.2) is 75.8 Å². The van der Waals surface area contributed by atoms with E-state index in [-0.39, 0.29) is 29.4 Å². The molecule has 34 heavy (non-hydrogen) atoms. The van der Waals surface area contributed by atoms with E-state index in [1.54, 1.807) is 44.2 Å². The number of rotatable bonds is 5. The summed E-state index contributed by atoms with van der Waals surface area (Å²) in [6, 6.07) is 14.2.